The van der Waals surface area contributed by atoms with Crippen molar-refractivity contribution >= 4 is 11.5 Å². The van der Waals surface area contributed by atoms with Gasteiger partial charge in [0.05, 0.1) is 4.92 Å². The first-order valence-electron chi connectivity index (χ1n) is 5.46. The third-order valence-corrected chi connectivity index (χ3v) is 2.62. The first kappa shape index (κ1) is 12.4. The Morgan fingerprint density at radius 1 is 1.50 bits per heavy atom. The van der Waals surface area contributed by atoms with Crippen LogP contribution in [0.2, 0.25) is 0 Å². The summed E-state index contributed by atoms with van der Waals surface area (Å²) < 4.78 is 0. The van der Waals surface area contributed by atoms with Gasteiger partial charge in [0.2, 0.25) is 0 Å². The topological polar surface area (TPSA) is 68.1 Å². The molecule has 1 rings (SSSR count). The van der Waals surface area contributed by atoms with Gasteiger partial charge in [0.25, 0.3) is 5.69 Å². The van der Waals surface area contributed by atoms with Crippen molar-refractivity contribution in [1.82, 2.24) is 4.98 Å². The fourth-order valence-corrected chi connectivity index (χ4v) is 1.52. The van der Waals surface area contributed by atoms with Gasteiger partial charge in [0.1, 0.15) is 12.0 Å². The minimum Gasteiger partial charge on any atom is -0.367 e. The van der Waals surface area contributed by atoms with Crippen LogP contribution >= 0.6 is 0 Å². The first-order chi connectivity index (χ1) is 7.58. The number of nitro groups is 1. The highest BCUT2D eigenvalue weighted by Crippen LogP contribution is 2.19. The molecule has 0 aliphatic carbocycles. The number of hydrogen-bond donors (Lipinski definition) is 1. The highest BCUT2D eigenvalue weighted by molar-refractivity contribution is 5.47. The molecule has 0 saturated heterocycles. The number of rotatable bonds is 5. The lowest BCUT2D eigenvalue weighted by Crippen LogP contribution is -2.17. The molecule has 1 aromatic rings. The predicted octanol–water partition coefficient (Wildman–Crippen LogP) is 2.90. The summed E-state index contributed by atoms with van der Waals surface area (Å²) in [6, 6.07) is 2.09. The van der Waals surface area contributed by atoms with E-state index in [-0.39, 0.29) is 5.69 Å². The van der Waals surface area contributed by atoms with Gasteiger partial charge in [-0.1, -0.05) is 13.8 Å². The standard InChI is InChI=1S/C11H17N3O2/c1-4-9(5-2)13-11-6-8(3)10(7-12-11)14(15)16/h6-7,9H,4-5H2,1-3H3,(H,12,13). The number of aryl methyl sites for hydroxylation is 1. The smallest absolute Gasteiger partial charge is 0.290 e. The normalized spacial score (nSPS) is 10.5. The zero-order chi connectivity index (χ0) is 12.1. The molecule has 0 aromatic carbocycles. The van der Waals surface area contributed by atoms with Crippen LogP contribution in [0.15, 0.2) is 12.3 Å². The molecule has 16 heavy (non-hydrogen) atoms. The van der Waals surface area contributed by atoms with Crippen molar-refractivity contribution in [1.29, 1.82) is 0 Å². The van der Waals surface area contributed by atoms with Gasteiger partial charge in [-0.05, 0) is 25.8 Å². The fourth-order valence-electron chi connectivity index (χ4n) is 1.52. The van der Waals surface area contributed by atoms with E-state index >= 15 is 0 Å². The average Bonchev–Trinajstić information content (AvgIpc) is 2.25. The molecule has 0 aliphatic rings. The van der Waals surface area contributed by atoms with Gasteiger partial charge in [-0.3, -0.25) is 10.1 Å². The van der Waals surface area contributed by atoms with Crippen molar-refractivity contribution < 1.29 is 4.92 Å². The Bertz CT molecular complexity index is 375. The van der Waals surface area contributed by atoms with E-state index in [1.54, 1.807) is 13.0 Å². The van der Waals surface area contributed by atoms with Gasteiger partial charge in [0, 0.05) is 11.6 Å². The van der Waals surface area contributed by atoms with E-state index in [0.29, 0.717) is 17.4 Å². The second-order valence-electron chi connectivity index (χ2n) is 3.77. The van der Waals surface area contributed by atoms with Crippen LogP contribution in [0.1, 0.15) is 32.3 Å². The van der Waals surface area contributed by atoms with Crippen LogP contribution < -0.4 is 5.32 Å². The van der Waals surface area contributed by atoms with Crippen molar-refractivity contribution in [2.45, 2.75) is 39.7 Å². The van der Waals surface area contributed by atoms with Crippen molar-refractivity contribution in [2.75, 3.05) is 5.32 Å². The first-order valence-corrected chi connectivity index (χ1v) is 5.46. The van der Waals surface area contributed by atoms with E-state index in [9.17, 15) is 10.1 Å². The van der Waals surface area contributed by atoms with Gasteiger partial charge in [-0.15, -0.1) is 0 Å². The third-order valence-electron chi connectivity index (χ3n) is 2.62. The molecular formula is C11H17N3O2. The molecule has 5 nitrogen and oxygen atoms in total. The van der Waals surface area contributed by atoms with Crippen molar-refractivity contribution in [2.24, 2.45) is 0 Å². The lowest BCUT2D eigenvalue weighted by molar-refractivity contribution is -0.385. The molecule has 1 heterocycles. The third kappa shape index (κ3) is 2.92. The Morgan fingerprint density at radius 3 is 2.56 bits per heavy atom. The lowest BCUT2D eigenvalue weighted by atomic mass is 10.1. The molecule has 0 radical (unpaired) electrons. The quantitative estimate of drug-likeness (QED) is 0.615. The molecule has 0 bridgehead atoms. The van der Waals surface area contributed by atoms with Crippen molar-refractivity contribution in [3.63, 3.8) is 0 Å². The molecular weight excluding hydrogens is 206 g/mol. The Kier molecular flexibility index (Phi) is 4.22. The van der Waals surface area contributed by atoms with Crippen LogP contribution in [0.25, 0.3) is 0 Å². The summed E-state index contributed by atoms with van der Waals surface area (Å²) >= 11 is 0. The highest BCUT2D eigenvalue weighted by atomic mass is 16.6. The second-order valence-corrected chi connectivity index (χ2v) is 3.77. The molecule has 1 aromatic heterocycles. The SMILES string of the molecule is CCC(CC)Nc1cc(C)c([N+](=O)[O-])cn1. The number of nitrogens with zero attached hydrogens (tertiary/aromatic N) is 2. The molecule has 0 fully saturated rings. The maximum Gasteiger partial charge on any atom is 0.290 e. The van der Waals surface area contributed by atoms with Crippen molar-refractivity contribution in [3.8, 4) is 0 Å². The highest BCUT2D eigenvalue weighted by Gasteiger charge is 2.12. The van der Waals surface area contributed by atoms with Gasteiger partial charge in [0.15, 0.2) is 0 Å². The average molecular weight is 223 g/mol. The number of anilines is 1. The Hall–Kier alpha value is -1.65. The fraction of sp³-hybridized carbons (Fsp3) is 0.545. The van der Waals surface area contributed by atoms with Crippen LogP contribution in [-0.4, -0.2) is 15.9 Å². The van der Waals surface area contributed by atoms with Gasteiger partial charge in [-0.25, -0.2) is 4.98 Å². The number of aromatic nitrogens is 1. The molecule has 0 unspecified atom stereocenters. The molecule has 5 heteroatoms. The van der Waals surface area contributed by atoms with Crippen LogP contribution in [0.4, 0.5) is 11.5 Å². The van der Waals surface area contributed by atoms with Crippen LogP contribution in [0.5, 0.6) is 0 Å². The molecule has 0 spiro atoms. The van der Waals surface area contributed by atoms with E-state index < -0.39 is 4.92 Å². The second kappa shape index (κ2) is 5.44. The maximum atomic E-state index is 10.6. The zero-order valence-electron chi connectivity index (χ0n) is 9.86. The van der Waals surface area contributed by atoms with Crippen LogP contribution in [-0.2, 0) is 0 Å². The predicted molar refractivity (Wildman–Crippen MR) is 63.6 cm³/mol. The molecule has 0 atom stereocenters. The van der Waals surface area contributed by atoms with Gasteiger partial charge < -0.3 is 5.32 Å². The minimum absolute atomic E-state index is 0.0649. The molecule has 0 aliphatic heterocycles. The number of nitrogens with one attached hydrogen (secondary N) is 1. The molecule has 0 amide bonds. The Morgan fingerprint density at radius 2 is 2.12 bits per heavy atom. The summed E-state index contributed by atoms with van der Waals surface area (Å²) in [5.74, 6) is 0.705. The molecule has 1 N–H and O–H groups in total. The molecule has 0 saturated carbocycles. The van der Waals surface area contributed by atoms with E-state index in [2.05, 4.69) is 24.1 Å². The monoisotopic (exact) mass is 223 g/mol. The molecule has 88 valence electrons. The summed E-state index contributed by atoms with van der Waals surface area (Å²) in [4.78, 5) is 14.2. The van der Waals surface area contributed by atoms with Crippen LogP contribution in [0.3, 0.4) is 0 Å². The van der Waals surface area contributed by atoms with Gasteiger partial charge in [-0.2, -0.15) is 0 Å². The lowest BCUT2D eigenvalue weighted by Gasteiger charge is -2.15. The summed E-state index contributed by atoms with van der Waals surface area (Å²) in [7, 11) is 0. The van der Waals surface area contributed by atoms with E-state index in [1.165, 1.54) is 6.20 Å². The van der Waals surface area contributed by atoms with Gasteiger partial charge >= 0.3 is 0 Å². The summed E-state index contributed by atoms with van der Waals surface area (Å²) in [5.41, 5.74) is 0.698. The zero-order valence-corrected chi connectivity index (χ0v) is 9.86. The maximum absolute atomic E-state index is 10.6. The van der Waals surface area contributed by atoms with E-state index in [4.69, 9.17) is 0 Å². The largest absolute Gasteiger partial charge is 0.367 e. The summed E-state index contributed by atoms with van der Waals surface area (Å²) in [6.07, 6.45) is 3.32. The van der Waals surface area contributed by atoms with Crippen molar-refractivity contribution in [3.05, 3.63) is 27.9 Å². The Balaban J connectivity index is 2.84. The summed E-state index contributed by atoms with van der Waals surface area (Å²) in [5, 5.41) is 13.9. The summed E-state index contributed by atoms with van der Waals surface area (Å²) in [6.45, 7) is 5.91. The minimum atomic E-state index is -0.413. The number of hydrogen-bond acceptors (Lipinski definition) is 4. The van der Waals surface area contributed by atoms with E-state index in [0.717, 1.165) is 12.8 Å². The van der Waals surface area contributed by atoms with Crippen LogP contribution in [0, 0.1) is 17.0 Å². The Labute approximate surface area is 95.0 Å². The van der Waals surface area contributed by atoms with E-state index in [1.807, 2.05) is 0 Å². The number of pyridine rings is 1.